The second-order valence-corrected chi connectivity index (χ2v) is 6.14. The van der Waals surface area contributed by atoms with Crippen LogP contribution in [0.5, 0.6) is 0 Å². The molecule has 0 amide bonds. The van der Waals surface area contributed by atoms with Gasteiger partial charge in [-0.1, -0.05) is 6.07 Å². The molecule has 2 rings (SSSR count). The predicted octanol–water partition coefficient (Wildman–Crippen LogP) is 3.12. The zero-order valence-electron chi connectivity index (χ0n) is 11.5. The summed E-state index contributed by atoms with van der Waals surface area (Å²) in [5.74, 6) is -5.02. The highest BCUT2D eigenvalue weighted by Gasteiger charge is 2.25. The van der Waals surface area contributed by atoms with Crippen LogP contribution in [0.2, 0.25) is 0 Å². The molecular formula is C13H9F3N2O4S. The fourth-order valence-corrected chi connectivity index (χ4v) is 3.22. The van der Waals surface area contributed by atoms with Crippen molar-refractivity contribution in [3.8, 4) is 0 Å². The summed E-state index contributed by atoms with van der Waals surface area (Å²) in [6, 6.07) is 4.57. The summed E-state index contributed by atoms with van der Waals surface area (Å²) in [6.07, 6.45) is 0. The Balaban J connectivity index is 2.51. The van der Waals surface area contributed by atoms with Crippen molar-refractivity contribution < 1.29 is 26.5 Å². The van der Waals surface area contributed by atoms with Gasteiger partial charge in [0.1, 0.15) is 0 Å². The molecule has 0 aromatic heterocycles. The minimum Gasteiger partial charge on any atom is -0.277 e. The van der Waals surface area contributed by atoms with Crippen LogP contribution in [0.15, 0.2) is 35.2 Å². The maximum atomic E-state index is 13.6. The highest BCUT2D eigenvalue weighted by atomic mass is 32.2. The Morgan fingerprint density at radius 2 is 1.74 bits per heavy atom. The normalized spacial score (nSPS) is 11.3. The second kappa shape index (κ2) is 5.88. The Labute approximate surface area is 128 Å². The molecule has 0 atom stereocenters. The van der Waals surface area contributed by atoms with Crippen LogP contribution in [0.3, 0.4) is 0 Å². The summed E-state index contributed by atoms with van der Waals surface area (Å²) in [5.41, 5.74) is -1.43. The summed E-state index contributed by atoms with van der Waals surface area (Å²) in [5, 5.41) is 10.8. The first-order valence-electron chi connectivity index (χ1n) is 6.05. The van der Waals surface area contributed by atoms with Crippen molar-refractivity contribution in [2.45, 2.75) is 11.8 Å². The van der Waals surface area contributed by atoms with Gasteiger partial charge in [0.25, 0.3) is 15.7 Å². The summed E-state index contributed by atoms with van der Waals surface area (Å²) in [4.78, 5) is 9.59. The first kappa shape index (κ1) is 16.7. The Bertz CT molecular complexity index is 900. The van der Waals surface area contributed by atoms with E-state index in [0.29, 0.717) is 12.1 Å². The number of nitro benzene ring substituents is 1. The van der Waals surface area contributed by atoms with E-state index in [4.69, 9.17) is 0 Å². The van der Waals surface area contributed by atoms with Gasteiger partial charge >= 0.3 is 0 Å². The molecule has 0 saturated heterocycles. The van der Waals surface area contributed by atoms with E-state index in [2.05, 4.69) is 0 Å². The van der Waals surface area contributed by atoms with Crippen molar-refractivity contribution in [2.24, 2.45) is 0 Å². The van der Waals surface area contributed by atoms with Crippen LogP contribution in [0.4, 0.5) is 24.5 Å². The lowest BCUT2D eigenvalue weighted by Crippen LogP contribution is -2.16. The predicted molar refractivity (Wildman–Crippen MR) is 75.0 cm³/mol. The first-order valence-corrected chi connectivity index (χ1v) is 7.54. The third-order valence-electron chi connectivity index (χ3n) is 3.02. The van der Waals surface area contributed by atoms with E-state index in [1.54, 1.807) is 4.72 Å². The standard InChI is InChI=1S/C13H9F3N2O4S/c1-7-10(18(19)20)3-2-4-11(7)23(21,22)17-9-6-5-8(14)12(15)13(9)16/h2-6,17H,1H3. The number of nitrogens with zero attached hydrogens (tertiary/aromatic N) is 1. The monoisotopic (exact) mass is 346 g/mol. The maximum Gasteiger partial charge on any atom is 0.273 e. The van der Waals surface area contributed by atoms with Crippen molar-refractivity contribution in [3.63, 3.8) is 0 Å². The zero-order valence-corrected chi connectivity index (χ0v) is 12.3. The molecule has 0 heterocycles. The number of hydrogen-bond donors (Lipinski definition) is 1. The van der Waals surface area contributed by atoms with E-state index < -0.39 is 48.7 Å². The van der Waals surface area contributed by atoms with E-state index in [0.717, 1.165) is 18.2 Å². The highest BCUT2D eigenvalue weighted by molar-refractivity contribution is 7.92. The molecule has 0 saturated carbocycles. The van der Waals surface area contributed by atoms with Gasteiger partial charge < -0.3 is 0 Å². The molecule has 6 nitrogen and oxygen atoms in total. The minimum absolute atomic E-state index is 0.173. The zero-order chi connectivity index (χ0) is 17.4. The molecule has 0 aliphatic heterocycles. The van der Waals surface area contributed by atoms with Gasteiger partial charge in [-0.3, -0.25) is 14.8 Å². The van der Waals surface area contributed by atoms with Gasteiger partial charge in [0.05, 0.1) is 15.5 Å². The van der Waals surface area contributed by atoms with E-state index in [-0.39, 0.29) is 5.56 Å². The first-order chi connectivity index (χ1) is 10.6. The van der Waals surface area contributed by atoms with Crippen molar-refractivity contribution in [3.05, 3.63) is 63.5 Å². The average molecular weight is 346 g/mol. The number of sulfonamides is 1. The lowest BCUT2D eigenvalue weighted by atomic mass is 10.2. The molecule has 0 aliphatic carbocycles. The molecular weight excluding hydrogens is 337 g/mol. The van der Waals surface area contributed by atoms with E-state index in [1.165, 1.54) is 6.92 Å². The molecule has 0 aliphatic rings. The van der Waals surface area contributed by atoms with Gasteiger partial charge in [-0.25, -0.2) is 21.6 Å². The third kappa shape index (κ3) is 3.11. The van der Waals surface area contributed by atoms with Crippen LogP contribution in [0, 0.1) is 34.5 Å². The van der Waals surface area contributed by atoms with E-state index in [9.17, 15) is 31.7 Å². The molecule has 0 unspecified atom stereocenters. The Kier molecular flexibility index (Phi) is 4.28. The van der Waals surface area contributed by atoms with Gasteiger partial charge in [0.2, 0.25) is 0 Å². The summed E-state index contributed by atoms with van der Waals surface area (Å²) in [7, 11) is -4.44. The fraction of sp³-hybridized carbons (Fsp3) is 0.0769. The SMILES string of the molecule is Cc1c([N+](=O)[O-])cccc1S(=O)(=O)Nc1ccc(F)c(F)c1F. The summed E-state index contributed by atoms with van der Waals surface area (Å²) >= 11 is 0. The molecule has 10 heteroatoms. The van der Waals surface area contributed by atoms with Crippen molar-refractivity contribution >= 4 is 21.4 Å². The van der Waals surface area contributed by atoms with Crippen LogP contribution < -0.4 is 4.72 Å². The van der Waals surface area contributed by atoms with Crippen LogP contribution in [-0.2, 0) is 10.0 Å². The number of nitro groups is 1. The van der Waals surface area contributed by atoms with Crippen molar-refractivity contribution in [1.82, 2.24) is 0 Å². The second-order valence-electron chi connectivity index (χ2n) is 4.49. The lowest BCUT2D eigenvalue weighted by molar-refractivity contribution is -0.385. The molecule has 0 bridgehead atoms. The maximum absolute atomic E-state index is 13.6. The molecule has 0 radical (unpaired) electrons. The van der Waals surface area contributed by atoms with Gasteiger partial charge in [0, 0.05) is 11.6 Å². The lowest BCUT2D eigenvalue weighted by Gasteiger charge is -2.11. The quantitative estimate of drug-likeness (QED) is 0.523. The number of rotatable bonds is 4. The van der Waals surface area contributed by atoms with Gasteiger partial charge in [0.15, 0.2) is 17.5 Å². The minimum atomic E-state index is -4.44. The Hall–Kier alpha value is -2.62. The molecule has 2 aromatic rings. The summed E-state index contributed by atoms with van der Waals surface area (Å²) < 4.78 is 65.8. The van der Waals surface area contributed by atoms with E-state index >= 15 is 0 Å². The molecule has 122 valence electrons. The third-order valence-corrected chi connectivity index (χ3v) is 4.53. The molecule has 0 spiro atoms. The smallest absolute Gasteiger partial charge is 0.273 e. The van der Waals surface area contributed by atoms with Gasteiger partial charge in [-0.15, -0.1) is 0 Å². The van der Waals surface area contributed by atoms with Crippen molar-refractivity contribution in [1.29, 1.82) is 0 Å². The average Bonchev–Trinajstić information content (AvgIpc) is 2.47. The molecule has 23 heavy (non-hydrogen) atoms. The van der Waals surface area contributed by atoms with Gasteiger partial charge in [-0.2, -0.15) is 0 Å². The Morgan fingerprint density at radius 3 is 2.35 bits per heavy atom. The van der Waals surface area contributed by atoms with Crippen LogP contribution in [-0.4, -0.2) is 13.3 Å². The number of hydrogen-bond acceptors (Lipinski definition) is 4. The fourth-order valence-electron chi connectivity index (χ4n) is 1.90. The number of nitrogens with one attached hydrogen (secondary N) is 1. The van der Waals surface area contributed by atoms with Gasteiger partial charge in [-0.05, 0) is 25.1 Å². The molecule has 2 aromatic carbocycles. The highest BCUT2D eigenvalue weighted by Crippen LogP contribution is 2.28. The molecule has 0 fully saturated rings. The Morgan fingerprint density at radius 1 is 1.09 bits per heavy atom. The molecule has 1 N–H and O–H groups in total. The van der Waals surface area contributed by atoms with Crippen molar-refractivity contribution in [2.75, 3.05) is 4.72 Å². The number of halogens is 3. The topological polar surface area (TPSA) is 89.3 Å². The van der Waals surface area contributed by atoms with Crippen LogP contribution in [0.25, 0.3) is 0 Å². The number of anilines is 1. The number of benzene rings is 2. The largest absolute Gasteiger partial charge is 0.277 e. The van der Waals surface area contributed by atoms with Crippen LogP contribution in [0.1, 0.15) is 5.56 Å². The summed E-state index contributed by atoms with van der Waals surface area (Å²) in [6.45, 7) is 1.20. The van der Waals surface area contributed by atoms with E-state index in [1.807, 2.05) is 0 Å². The van der Waals surface area contributed by atoms with Crippen LogP contribution >= 0.6 is 0 Å².